The minimum atomic E-state index is -4.07. The maximum Gasteiger partial charge on any atom is 0.284 e. The number of hydrogen-bond acceptors (Lipinski definition) is 5. The van der Waals surface area contributed by atoms with Crippen LogP contribution in [0.15, 0.2) is 88.2 Å². The molecule has 1 aliphatic rings. The number of sulfonamides is 1. The molecule has 1 saturated heterocycles. The van der Waals surface area contributed by atoms with Gasteiger partial charge in [0.15, 0.2) is 5.17 Å². The molecule has 3 aromatic carbocycles. The van der Waals surface area contributed by atoms with E-state index < -0.39 is 21.2 Å². The Labute approximate surface area is 209 Å². The van der Waals surface area contributed by atoms with Crippen molar-refractivity contribution in [2.75, 3.05) is 10.2 Å². The normalized spacial score (nSPS) is 17.1. The lowest BCUT2D eigenvalue weighted by Crippen LogP contribution is -2.33. The van der Waals surface area contributed by atoms with Gasteiger partial charge in [0, 0.05) is 12.1 Å². The molecule has 0 bridgehead atoms. The zero-order valence-electron chi connectivity index (χ0n) is 19.3. The quantitative estimate of drug-likeness (QED) is 0.497. The van der Waals surface area contributed by atoms with E-state index >= 15 is 0 Å². The van der Waals surface area contributed by atoms with Crippen LogP contribution in [-0.4, -0.2) is 30.6 Å². The zero-order chi connectivity index (χ0) is 25.0. The number of anilines is 2. The number of amidine groups is 1. The number of benzene rings is 3. The van der Waals surface area contributed by atoms with E-state index in [0.717, 1.165) is 29.3 Å². The molecular formula is C26H25N3O4S2. The SMILES string of the molecule is CCc1ccc(S(=O)(=O)N=C2S[C@H](CC(=O)Nc3ccccc3C)C(=O)N2c2ccccc2)cc1. The number of carbonyl (C=O) groups excluding carboxylic acids is 2. The van der Waals surface area contributed by atoms with Crippen molar-refractivity contribution >= 4 is 50.1 Å². The molecule has 1 N–H and O–H groups in total. The summed E-state index contributed by atoms with van der Waals surface area (Å²) in [6.45, 7) is 3.86. The van der Waals surface area contributed by atoms with E-state index in [1.807, 2.05) is 32.0 Å². The van der Waals surface area contributed by atoms with Gasteiger partial charge in [-0.3, -0.25) is 14.5 Å². The van der Waals surface area contributed by atoms with E-state index in [1.165, 1.54) is 17.0 Å². The van der Waals surface area contributed by atoms with Gasteiger partial charge in [0.05, 0.1) is 10.6 Å². The molecule has 0 aromatic heterocycles. The van der Waals surface area contributed by atoms with Crippen LogP contribution in [0.1, 0.15) is 24.5 Å². The summed E-state index contributed by atoms with van der Waals surface area (Å²) < 4.78 is 30.1. The molecule has 0 aliphatic carbocycles. The first-order valence-electron chi connectivity index (χ1n) is 11.1. The standard InChI is InChI=1S/C26H25N3O4S2/c1-3-19-13-15-21(16-14-19)35(32,33)28-26-29(20-10-5-4-6-11-20)25(31)23(34-26)17-24(30)27-22-12-8-7-9-18(22)2/h4-16,23H,3,17H2,1-2H3,(H,27,30)/t23-/m1/s1. The third-order valence-corrected chi connectivity index (χ3v) is 8.10. The molecule has 0 unspecified atom stereocenters. The average Bonchev–Trinajstić information content (AvgIpc) is 3.14. The van der Waals surface area contributed by atoms with Gasteiger partial charge in [-0.05, 0) is 54.8 Å². The Morgan fingerprint density at radius 1 is 1.00 bits per heavy atom. The van der Waals surface area contributed by atoms with E-state index in [9.17, 15) is 18.0 Å². The first-order valence-corrected chi connectivity index (χ1v) is 13.5. The molecular weight excluding hydrogens is 482 g/mol. The first kappa shape index (κ1) is 24.7. The highest BCUT2D eigenvalue weighted by molar-refractivity contribution is 8.16. The van der Waals surface area contributed by atoms with E-state index in [4.69, 9.17) is 0 Å². The average molecular weight is 508 g/mol. The molecule has 1 heterocycles. The molecule has 4 rings (SSSR count). The summed E-state index contributed by atoms with van der Waals surface area (Å²) in [5.74, 6) is -0.728. The number of rotatable bonds is 7. The summed E-state index contributed by atoms with van der Waals surface area (Å²) in [7, 11) is -4.07. The number of nitrogens with one attached hydrogen (secondary N) is 1. The molecule has 35 heavy (non-hydrogen) atoms. The number of aryl methyl sites for hydroxylation is 2. The van der Waals surface area contributed by atoms with Crippen LogP contribution in [0.5, 0.6) is 0 Å². The number of para-hydroxylation sites is 2. The zero-order valence-corrected chi connectivity index (χ0v) is 21.0. The molecule has 1 atom stereocenters. The topological polar surface area (TPSA) is 95.9 Å². The van der Waals surface area contributed by atoms with Crippen molar-refractivity contribution < 1.29 is 18.0 Å². The van der Waals surface area contributed by atoms with Crippen LogP contribution in [0.2, 0.25) is 0 Å². The second kappa shape index (κ2) is 10.5. The van der Waals surface area contributed by atoms with Crippen LogP contribution in [-0.2, 0) is 26.0 Å². The van der Waals surface area contributed by atoms with E-state index in [2.05, 4.69) is 9.71 Å². The summed E-state index contributed by atoms with van der Waals surface area (Å²) >= 11 is 0.980. The van der Waals surface area contributed by atoms with Crippen molar-refractivity contribution in [1.29, 1.82) is 0 Å². The van der Waals surface area contributed by atoms with E-state index in [0.29, 0.717) is 11.4 Å². The summed E-state index contributed by atoms with van der Waals surface area (Å²) in [5, 5.41) is 2.04. The summed E-state index contributed by atoms with van der Waals surface area (Å²) in [6, 6.07) is 22.6. The van der Waals surface area contributed by atoms with Gasteiger partial charge in [0.1, 0.15) is 5.25 Å². The Bertz CT molecular complexity index is 1370. The highest BCUT2D eigenvalue weighted by Crippen LogP contribution is 2.35. The number of amides is 2. The third-order valence-electron chi connectivity index (χ3n) is 5.57. The van der Waals surface area contributed by atoms with Crippen molar-refractivity contribution in [3.8, 4) is 0 Å². The maximum absolute atomic E-state index is 13.3. The molecule has 180 valence electrons. The van der Waals surface area contributed by atoms with Crippen LogP contribution in [0.3, 0.4) is 0 Å². The minimum absolute atomic E-state index is 0.0226. The van der Waals surface area contributed by atoms with Crippen molar-refractivity contribution in [2.45, 2.75) is 36.8 Å². The van der Waals surface area contributed by atoms with Gasteiger partial charge in [-0.1, -0.05) is 67.2 Å². The molecule has 2 amide bonds. The summed E-state index contributed by atoms with van der Waals surface area (Å²) in [4.78, 5) is 27.4. The lowest BCUT2D eigenvalue weighted by atomic mass is 10.2. The Morgan fingerprint density at radius 3 is 2.31 bits per heavy atom. The second-order valence-electron chi connectivity index (χ2n) is 8.03. The maximum atomic E-state index is 13.3. The van der Waals surface area contributed by atoms with Crippen LogP contribution in [0.4, 0.5) is 11.4 Å². The van der Waals surface area contributed by atoms with Crippen LogP contribution < -0.4 is 10.2 Å². The smallest absolute Gasteiger partial charge is 0.284 e. The van der Waals surface area contributed by atoms with Gasteiger partial charge in [-0.25, -0.2) is 0 Å². The Balaban J connectivity index is 1.62. The minimum Gasteiger partial charge on any atom is -0.326 e. The number of hydrogen-bond donors (Lipinski definition) is 1. The molecule has 7 nitrogen and oxygen atoms in total. The molecule has 0 saturated carbocycles. The largest absolute Gasteiger partial charge is 0.326 e. The van der Waals surface area contributed by atoms with Gasteiger partial charge >= 0.3 is 0 Å². The summed E-state index contributed by atoms with van der Waals surface area (Å²) in [5.41, 5.74) is 3.06. The predicted molar refractivity (Wildman–Crippen MR) is 140 cm³/mol. The Morgan fingerprint density at radius 2 is 1.66 bits per heavy atom. The van der Waals surface area contributed by atoms with Crippen LogP contribution in [0, 0.1) is 6.92 Å². The number of carbonyl (C=O) groups is 2. The highest BCUT2D eigenvalue weighted by Gasteiger charge is 2.41. The second-order valence-corrected chi connectivity index (χ2v) is 10.8. The van der Waals surface area contributed by atoms with Gasteiger partial charge in [-0.15, -0.1) is 4.40 Å². The fourth-order valence-corrected chi connectivity index (χ4v) is 5.95. The molecule has 1 fully saturated rings. The van der Waals surface area contributed by atoms with Crippen LogP contribution in [0.25, 0.3) is 0 Å². The molecule has 3 aromatic rings. The third kappa shape index (κ3) is 5.63. The molecule has 9 heteroatoms. The lowest BCUT2D eigenvalue weighted by molar-refractivity contribution is -0.121. The lowest BCUT2D eigenvalue weighted by Gasteiger charge is -2.16. The number of thioether (sulfide) groups is 1. The van der Waals surface area contributed by atoms with Gasteiger partial charge in [0.2, 0.25) is 11.8 Å². The molecule has 0 radical (unpaired) electrons. The molecule has 1 aliphatic heterocycles. The fourth-order valence-electron chi connectivity index (χ4n) is 3.61. The Hall–Kier alpha value is -3.43. The van der Waals surface area contributed by atoms with Crippen molar-refractivity contribution in [3.63, 3.8) is 0 Å². The van der Waals surface area contributed by atoms with E-state index in [1.54, 1.807) is 48.5 Å². The molecule has 0 spiro atoms. The van der Waals surface area contributed by atoms with Crippen LogP contribution >= 0.6 is 11.8 Å². The monoisotopic (exact) mass is 507 g/mol. The fraction of sp³-hybridized carbons (Fsp3) is 0.192. The van der Waals surface area contributed by atoms with E-state index in [-0.39, 0.29) is 22.4 Å². The first-order chi connectivity index (χ1) is 16.8. The van der Waals surface area contributed by atoms with Gasteiger partial charge in [-0.2, -0.15) is 8.42 Å². The van der Waals surface area contributed by atoms with Crippen molar-refractivity contribution in [3.05, 3.63) is 90.0 Å². The van der Waals surface area contributed by atoms with Gasteiger partial charge in [0.25, 0.3) is 10.0 Å². The van der Waals surface area contributed by atoms with Crippen molar-refractivity contribution in [1.82, 2.24) is 0 Å². The predicted octanol–water partition coefficient (Wildman–Crippen LogP) is 4.78. The summed E-state index contributed by atoms with van der Waals surface area (Å²) in [6.07, 6.45) is 0.665. The highest BCUT2D eigenvalue weighted by atomic mass is 32.2. The number of nitrogens with zero attached hydrogens (tertiary/aromatic N) is 2. The van der Waals surface area contributed by atoms with Crippen molar-refractivity contribution in [2.24, 2.45) is 4.40 Å². The Kier molecular flexibility index (Phi) is 7.37. The van der Waals surface area contributed by atoms with Gasteiger partial charge < -0.3 is 5.32 Å².